The number of hydrogen-bond acceptors (Lipinski definition) is 5. The first kappa shape index (κ1) is 14.6. The molecule has 2 heterocycles. The summed E-state index contributed by atoms with van der Waals surface area (Å²) in [5.74, 6) is 6.00. The van der Waals surface area contributed by atoms with Gasteiger partial charge in [-0.15, -0.1) is 0 Å². The molecule has 22 heavy (non-hydrogen) atoms. The van der Waals surface area contributed by atoms with E-state index < -0.39 is 0 Å². The van der Waals surface area contributed by atoms with E-state index in [1.165, 1.54) is 11.8 Å². The third-order valence-corrected chi connectivity index (χ3v) is 4.11. The van der Waals surface area contributed by atoms with Gasteiger partial charge in [-0.25, -0.2) is 14.8 Å². The van der Waals surface area contributed by atoms with Crippen molar-refractivity contribution in [3.05, 3.63) is 51.8 Å². The Bertz CT molecular complexity index is 835. The van der Waals surface area contributed by atoms with Crippen molar-refractivity contribution < 1.29 is 9.53 Å². The maximum Gasteiger partial charge on any atom is 0.338 e. The number of fused-ring (bicyclic) bond motifs is 1. The summed E-state index contributed by atoms with van der Waals surface area (Å²) >= 11 is 1.50. The zero-order chi connectivity index (χ0) is 15.7. The van der Waals surface area contributed by atoms with Crippen LogP contribution in [0.5, 0.6) is 0 Å². The standard InChI is InChI=1S/C17H14N2O2S/c1-10-4-6-14-15(9-21-16(14)20)13(10)7-5-12-8-18-17(22-3)19-11(12)2/h4,6,8H,9H2,1-3H3. The summed E-state index contributed by atoms with van der Waals surface area (Å²) in [5, 5.41) is 0.735. The Labute approximate surface area is 133 Å². The van der Waals surface area contributed by atoms with Crippen molar-refractivity contribution in [1.29, 1.82) is 0 Å². The Morgan fingerprint density at radius 2 is 2.09 bits per heavy atom. The molecule has 1 aromatic heterocycles. The molecule has 1 aliphatic heterocycles. The van der Waals surface area contributed by atoms with Crippen LogP contribution in [0.1, 0.15) is 38.3 Å². The molecule has 3 rings (SSSR count). The lowest BCUT2D eigenvalue weighted by Gasteiger charge is -2.03. The molecular formula is C17H14N2O2S. The summed E-state index contributed by atoms with van der Waals surface area (Å²) in [7, 11) is 0. The van der Waals surface area contributed by atoms with Crippen molar-refractivity contribution in [2.24, 2.45) is 0 Å². The minimum Gasteiger partial charge on any atom is -0.457 e. The van der Waals surface area contributed by atoms with E-state index in [1.54, 1.807) is 12.3 Å². The normalized spacial score (nSPS) is 12.4. The fourth-order valence-corrected chi connectivity index (χ4v) is 2.68. The molecule has 110 valence electrons. The average molecular weight is 310 g/mol. The molecule has 2 aromatic rings. The first-order valence-electron chi connectivity index (χ1n) is 6.79. The Morgan fingerprint density at radius 1 is 1.27 bits per heavy atom. The minimum atomic E-state index is -0.276. The maximum atomic E-state index is 11.6. The molecule has 0 saturated heterocycles. The molecule has 0 saturated carbocycles. The molecular weight excluding hydrogens is 296 g/mol. The van der Waals surface area contributed by atoms with Gasteiger partial charge in [-0.2, -0.15) is 0 Å². The highest BCUT2D eigenvalue weighted by molar-refractivity contribution is 7.98. The Kier molecular flexibility index (Phi) is 3.86. The van der Waals surface area contributed by atoms with Gasteiger partial charge in [0, 0.05) is 17.3 Å². The van der Waals surface area contributed by atoms with E-state index in [9.17, 15) is 4.79 Å². The number of ether oxygens (including phenoxy) is 1. The van der Waals surface area contributed by atoms with Gasteiger partial charge in [-0.05, 0) is 31.7 Å². The number of hydrogen-bond donors (Lipinski definition) is 0. The molecule has 4 nitrogen and oxygen atoms in total. The number of benzene rings is 1. The molecule has 1 aromatic carbocycles. The molecule has 0 N–H and O–H groups in total. The van der Waals surface area contributed by atoms with Gasteiger partial charge in [0.1, 0.15) is 6.61 Å². The zero-order valence-electron chi connectivity index (χ0n) is 12.6. The van der Waals surface area contributed by atoms with E-state index in [2.05, 4.69) is 21.8 Å². The van der Waals surface area contributed by atoms with Crippen molar-refractivity contribution in [2.75, 3.05) is 6.26 Å². The highest BCUT2D eigenvalue weighted by atomic mass is 32.2. The molecule has 0 aliphatic carbocycles. The van der Waals surface area contributed by atoms with Crippen LogP contribution in [-0.4, -0.2) is 22.2 Å². The number of rotatable bonds is 1. The second-order valence-electron chi connectivity index (χ2n) is 4.97. The Morgan fingerprint density at radius 3 is 2.82 bits per heavy atom. The molecule has 0 atom stereocenters. The fourth-order valence-electron chi connectivity index (χ4n) is 2.29. The summed E-state index contributed by atoms with van der Waals surface area (Å²) in [6.45, 7) is 4.19. The summed E-state index contributed by atoms with van der Waals surface area (Å²) in [5.41, 5.74) is 5.02. The van der Waals surface area contributed by atoms with Gasteiger partial charge in [0.05, 0.1) is 16.8 Å². The van der Waals surface area contributed by atoms with Crippen molar-refractivity contribution in [2.45, 2.75) is 25.6 Å². The van der Waals surface area contributed by atoms with Gasteiger partial charge in [0.2, 0.25) is 0 Å². The lowest BCUT2D eigenvalue weighted by Crippen LogP contribution is -1.96. The average Bonchev–Trinajstić information content (AvgIpc) is 2.89. The number of carbonyl (C=O) groups is 1. The predicted molar refractivity (Wildman–Crippen MR) is 84.8 cm³/mol. The predicted octanol–water partition coefficient (Wildman–Crippen LogP) is 2.89. The first-order valence-corrected chi connectivity index (χ1v) is 8.02. The van der Waals surface area contributed by atoms with Gasteiger partial charge >= 0.3 is 5.97 Å². The highest BCUT2D eigenvalue weighted by Gasteiger charge is 2.24. The van der Waals surface area contributed by atoms with E-state index >= 15 is 0 Å². The van der Waals surface area contributed by atoms with Crippen LogP contribution in [0.4, 0.5) is 0 Å². The third-order valence-electron chi connectivity index (χ3n) is 3.55. The number of cyclic esters (lactones) is 1. The SMILES string of the molecule is CSc1ncc(C#Cc2c(C)ccc3c2COC3=O)c(C)n1. The maximum absolute atomic E-state index is 11.6. The molecule has 1 aliphatic rings. The van der Waals surface area contributed by atoms with Gasteiger partial charge in [-0.1, -0.05) is 29.7 Å². The minimum absolute atomic E-state index is 0.276. The van der Waals surface area contributed by atoms with Crippen LogP contribution in [0.25, 0.3) is 0 Å². The van der Waals surface area contributed by atoms with Gasteiger partial charge in [0.15, 0.2) is 5.16 Å². The van der Waals surface area contributed by atoms with Gasteiger partial charge in [-0.3, -0.25) is 0 Å². The van der Waals surface area contributed by atoms with Crippen LogP contribution < -0.4 is 0 Å². The van der Waals surface area contributed by atoms with E-state index in [-0.39, 0.29) is 5.97 Å². The largest absolute Gasteiger partial charge is 0.457 e. The van der Waals surface area contributed by atoms with Crippen molar-refractivity contribution in [1.82, 2.24) is 9.97 Å². The van der Waals surface area contributed by atoms with Gasteiger partial charge < -0.3 is 4.74 Å². The number of aromatic nitrogens is 2. The second kappa shape index (κ2) is 5.82. The lowest BCUT2D eigenvalue weighted by atomic mass is 9.98. The van der Waals surface area contributed by atoms with Crippen molar-refractivity contribution >= 4 is 17.7 Å². The van der Waals surface area contributed by atoms with Crippen LogP contribution in [0.15, 0.2) is 23.5 Å². The molecule has 0 radical (unpaired) electrons. The first-order chi connectivity index (χ1) is 10.6. The molecule has 0 fully saturated rings. The van der Waals surface area contributed by atoms with Crippen LogP contribution >= 0.6 is 11.8 Å². The van der Waals surface area contributed by atoms with E-state index in [1.807, 2.05) is 26.2 Å². The lowest BCUT2D eigenvalue weighted by molar-refractivity contribution is 0.0535. The summed E-state index contributed by atoms with van der Waals surface area (Å²) in [4.78, 5) is 20.3. The Balaban J connectivity index is 2.04. The van der Waals surface area contributed by atoms with Crippen LogP contribution in [0.3, 0.4) is 0 Å². The summed E-state index contributed by atoms with van der Waals surface area (Å²) < 4.78 is 5.09. The number of aryl methyl sites for hydroxylation is 2. The summed E-state index contributed by atoms with van der Waals surface area (Å²) in [6, 6.07) is 3.70. The van der Waals surface area contributed by atoms with E-state index in [0.717, 1.165) is 33.1 Å². The monoisotopic (exact) mass is 310 g/mol. The molecule has 0 amide bonds. The zero-order valence-corrected chi connectivity index (χ0v) is 13.4. The van der Waals surface area contributed by atoms with Gasteiger partial charge in [0.25, 0.3) is 0 Å². The van der Waals surface area contributed by atoms with Crippen molar-refractivity contribution in [3.8, 4) is 11.8 Å². The van der Waals surface area contributed by atoms with E-state index in [4.69, 9.17) is 4.74 Å². The van der Waals surface area contributed by atoms with Crippen molar-refractivity contribution in [3.63, 3.8) is 0 Å². The topological polar surface area (TPSA) is 52.1 Å². The number of nitrogens with zero attached hydrogens (tertiary/aromatic N) is 2. The summed E-state index contributed by atoms with van der Waals surface area (Å²) in [6.07, 6.45) is 3.68. The highest BCUT2D eigenvalue weighted by Crippen LogP contribution is 2.25. The Hall–Kier alpha value is -2.32. The molecule has 5 heteroatoms. The number of esters is 1. The number of carbonyl (C=O) groups excluding carboxylic acids is 1. The quantitative estimate of drug-likeness (QED) is 0.351. The second-order valence-corrected chi connectivity index (χ2v) is 5.74. The third kappa shape index (κ3) is 2.58. The van der Waals surface area contributed by atoms with Crippen LogP contribution in [-0.2, 0) is 11.3 Å². The molecule has 0 spiro atoms. The smallest absolute Gasteiger partial charge is 0.338 e. The van der Waals surface area contributed by atoms with Crippen LogP contribution in [0.2, 0.25) is 0 Å². The molecule has 0 bridgehead atoms. The van der Waals surface area contributed by atoms with E-state index in [0.29, 0.717) is 12.2 Å². The number of thioether (sulfide) groups is 1. The fraction of sp³-hybridized carbons (Fsp3) is 0.235. The van der Waals surface area contributed by atoms with Crippen LogP contribution in [0, 0.1) is 25.7 Å². The molecule has 0 unspecified atom stereocenters.